The Labute approximate surface area is 118 Å². The lowest BCUT2D eigenvalue weighted by Crippen LogP contribution is -2.08. The maximum absolute atomic E-state index is 11.3. The maximum atomic E-state index is 11.3. The fraction of sp³-hybridized carbons (Fsp3) is 0.273. The van der Waals surface area contributed by atoms with Gasteiger partial charge in [0.15, 0.2) is 5.82 Å². The van der Waals surface area contributed by atoms with E-state index in [1.807, 2.05) is 6.92 Å². The fourth-order valence-corrected chi connectivity index (χ4v) is 1.55. The average molecular weight is 292 g/mol. The van der Waals surface area contributed by atoms with E-state index < -0.39 is 10.9 Å². The summed E-state index contributed by atoms with van der Waals surface area (Å²) in [6.07, 6.45) is 1.23. The predicted molar refractivity (Wildman–Crippen MR) is 71.3 cm³/mol. The highest BCUT2D eigenvalue weighted by atomic mass is 16.6. The van der Waals surface area contributed by atoms with Crippen molar-refractivity contribution in [3.63, 3.8) is 0 Å². The van der Waals surface area contributed by atoms with E-state index in [-0.39, 0.29) is 17.3 Å². The molecule has 0 aliphatic carbocycles. The minimum absolute atomic E-state index is 0.147. The smallest absolute Gasteiger partial charge is 0.377 e. The molecule has 21 heavy (non-hydrogen) atoms. The molecule has 0 radical (unpaired) electrons. The summed E-state index contributed by atoms with van der Waals surface area (Å²) >= 11 is 0. The van der Waals surface area contributed by atoms with Gasteiger partial charge in [-0.05, 0) is 6.92 Å². The number of anilines is 1. The number of nitro groups is 1. The van der Waals surface area contributed by atoms with Crippen molar-refractivity contribution < 1.29 is 14.5 Å². The van der Waals surface area contributed by atoms with E-state index in [4.69, 9.17) is 0 Å². The van der Waals surface area contributed by atoms with Gasteiger partial charge in [-0.3, -0.25) is 10.1 Å². The van der Waals surface area contributed by atoms with E-state index in [1.165, 1.54) is 30.3 Å². The van der Waals surface area contributed by atoms with E-state index in [9.17, 15) is 14.9 Å². The fourth-order valence-electron chi connectivity index (χ4n) is 1.55. The molecule has 10 heteroatoms. The SMILES string of the molecule is CCNc1cc([N+](=O)[O-])cc(-n2cnc(C(=O)OC)n2)n1. The number of hydrogen-bond acceptors (Lipinski definition) is 8. The van der Waals surface area contributed by atoms with E-state index >= 15 is 0 Å². The van der Waals surface area contributed by atoms with Gasteiger partial charge in [0.2, 0.25) is 0 Å². The van der Waals surface area contributed by atoms with Gasteiger partial charge in [-0.2, -0.15) is 0 Å². The highest BCUT2D eigenvalue weighted by molar-refractivity contribution is 5.84. The first-order valence-electron chi connectivity index (χ1n) is 5.96. The van der Waals surface area contributed by atoms with Gasteiger partial charge in [0.05, 0.1) is 24.2 Å². The van der Waals surface area contributed by atoms with Gasteiger partial charge in [-0.25, -0.2) is 19.4 Å². The van der Waals surface area contributed by atoms with Crippen LogP contribution in [0.25, 0.3) is 5.82 Å². The van der Waals surface area contributed by atoms with Crippen LogP contribution >= 0.6 is 0 Å². The molecule has 0 atom stereocenters. The normalized spacial score (nSPS) is 10.2. The summed E-state index contributed by atoms with van der Waals surface area (Å²) in [4.78, 5) is 29.6. The van der Waals surface area contributed by atoms with Gasteiger partial charge >= 0.3 is 5.97 Å². The number of carbonyl (C=O) groups is 1. The quantitative estimate of drug-likeness (QED) is 0.487. The van der Waals surface area contributed by atoms with Gasteiger partial charge in [-0.15, -0.1) is 5.10 Å². The second-order valence-electron chi connectivity index (χ2n) is 3.86. The molecule has 0 aromatic carbocycles. The first-order valence-corrected chi connectivity index (χ1v) is 5.96. The lowest BCUT2D eigenvalue weighted by Gasteiger charge is -2.05. The number of nitrogens with one attached hydrogen (secondary N) is 1. The van der Waals surface area contributed by atoms with Crippen molar-refractivity contribution in [3.05, 3.63) is 34.4 Å². The van der Waals surface area contributed by atoms with Crippen molar-refractivity contribution in [1.82, 2.24) is 19.7 Å². The zero-order valence-corrected chi connectivity index (χ0v) is 11.3. The molecule has 0 aliphatic heterocycles. The second kappa shape index (κ2) is 5.94. The second-order valence-corrected chi connectivity index (χ2v) is 3.86. The largest absolute Gasteiger partial charge is 0.463 e. The van der Waals surface area contributed by atoms with Crippen LogP contribution in [-0.4, -0.2) is 44.3 Å². The molecule has 2 rings (SSSR count). The highest BCUT2D eigenvalue weighted by Crippen LogP contribution is 2.19. The van der Waals surface area contributed by atoms with Gasteiger partial charge < -0.3 is 10.1 Å². The van der Waals surface area contributed by atoms with Crippen molar-refractivity contribution in [1.29, 1.82) is 0 Å². The van der Waals surface area contributed by atoms with Crippen LogP contribution in [0, 0.1) is 10.1 Å². The van der Waals surface area contributed by atoms with Gasteiger partial charge in [0.1, 0.15) is 12.1 Å². The number of rotatable bonds is 5. The summed E-state index contributed by atoms with van der Waals surface area (Å²) in [5, 5.41) is 17.7. The first kappa shape index (κ1) is 14.4. The van der Waals surface area contributed by atoms with Crippen LogP contribution in [0.2, 0.25) is 0 Å². The number of nitrogens with zero attached hydrogens (tertiary/aromatic N) is 5. The topological polar surface area (TPSA) is 125 Å². The molecule has 0 amide bonds. The maximum Gasteiger partial charge on any atom is 0.377 e. The molecule has 2 aromatic rings. The van der Waals surface area contributed by atoms with E-state index in [2.05, 4.69) is 25.1 Å². The molecule has 0 bridgehead atoms. The third-order valence-electron chi connectivity index (χ3n) is 2.46. The summed E-state index contributed by atoms with van der Waals surface area (Å²) in [6, 6.07) is 2.54. The van der Waals surface area contributed by atoms with Crippen molar-refractivity contribution in [2.24, 2.45) is 0 Å². The summed E-state index contributed by atoms with van der Waals surface area (Å²) in [7, 11) is 1.21. The number of esters is 1. The third kappa shape index (κ3) is 3.11. The Kier molecular flexibility index (Phi) is 4.07. The Bertz CT molecular complexity index is 683. The number of carbonyl (C=O) groups excluding carboxylic acids is 1. The molecule has 10 nitrogen and oxygen atoms in total. The Balaban J connectivity index is 2.44. The van der Waals surface area contributed by atoms with Crippen molar-refractivity contribution in [3.8, 4) is 5.82 Å². The Morgan fingerprint density at radius 1 is 1.52 bits per heavy atom. The summed E-state index contributed by atoms with van der Waals surface area (Å²) in [5.74, 6) is -0.360. The van der Waals surface area contributed by atoms with Crippen molar-refractivity contribution >= 4 is 17.5 Å². The predicted octanol–water partition coefficient (Wildman–Crippen LogP) is 0.789. The minimum atomic E-state index is -0.703. The molecule has 2 heterocycles. The van der Waals surface area contributed by atoms with Crippen LogP contribution in [0.3, 0.4) is 0 Å². The van der Waals surface area contributed by atoms with Gasteiger partial charge in [-0.1, -0.05) is 0 Å². The molecule has 110 valence electrons. The Morgan fingerprint density at radius 2 is 2.29 bits per heavy atom. The Morgan fingerprint density at radius 3 is 2.90 bits per heavy atom. The van der Waals surface area contributed by atoms with Crippen LogP contribution in [0.1, 0.15) is 17.5 Å². The summed E-state index contributed by atoms with van der Waals surface area (Å²) < 4.78 is 5.66. The number of hydrogen-bond donors (Lipinski definition) is 1. The van der Waals surface area contributed by atoms with E-state index in [1.54, 1.807) is 0 Å². The third-order valence-corrected chi connectivity index (χ3v) is 2.46. The van der Waals surface area contributed by atoms with E-state index in [0.717, 1.165) is 0 Å². The van der Waals surface area contributed by atoms with Crippen LogP contribution in [-0.2, 0) is 4.74 Å². The van der Waals surface area contributed by atoms with Gasteiger partial charge in [0, 0.05) is 6.54 Å². The zero-order chi connectivity index (χ0) is 15.4. The lowest BCUT2D eigenvalue weighted by atomic mass is 10.3. The van der Waals surface area contributed by atoms with Crippen LogP contribution in [0.15, 0.2) is 18.5 Å². The van der Waals surface area contributed by atoms with Crippen LogP contribution < -0.4 is 5.32 Å². The zero-order valence-electron chi connectivity index (χ0n) is 11.3. The number of methoxy groups -OCH3 is 1. The first-order chi connectivity index (χ1) is 10.0. The summed E-state index contributed by atoms with van der Waals surface area (Å²) in [6.45, 7) is 2.39. The monoisotopic (exact) mass is 292 g/mol. The van der Waals surface area contributed by atoms with Crippen molar-refractivity contribution in [2.45, 2.75) is 6.92 Å². The van der Waals surface area contributed by atoms with Crippen LogP contribution in [0.4, 0.5) is 11.5 Å². The molecular weight excluding hydrogens is 280 g/mol. The van der Waals surface area contributed by atoms with Crippen LogP contribution in [0.5, 0.6) is 0 Å². The number of ether oxygens (including phenoxy) is 1. The Hall–Kier alpha value is -3.04. The summed E-state index contributed by atoms with van der Waals surface area (Å²) in [5.41, 5.74) is -0.147. The highest BCUT2D eigenvalue weighted by Gasteiger charge is 2.16. The molecular formula is C11H12N6O4. The molecule has 0 spiro atoms. The number of aromatic nitrogens is 4. The molecule has 0 unspecified atom stereocenters. The molecule has 2 aromatic heterocycles. The molecule has 0 saturated heterocycles. The number of pyridine rings is 1. The molecule has 1 N–H and O–H groups in total. The van der Waals surface area contributed by atoms with Crippen molar-refractivity contribution in [2.75, 3.05) is 19.0 Å². The van der Waals surface area contributed by atoms with E-state index in [0.29, 0.717) is 12.4 Å². The van der Waals surface area contributed by atoms with Gasteiger partial charge in [0.25, 0.3) is 11.5 Å². The molecule has 0 saturated carbocycles. The minimum Gasteiger partial charge on any atom is -0.463 e. The average Bonchev–Trinajstić information content (AvgIpc) is 2.96. The molecule has 0 aliphatic rings. The standard InChI is InChI=1S/C11H12N6O4/c1-3-12-8-4-7(17(19)20)5-9(14-8)16-6-13-10(15-16)11(18)21-2/h4-6H,3H2,1-2H3,(H,12,14). The molecule has 0 fully saturated rings. The lowest BCUT2D eigenvalue weighted by molar-refractivity contribution is -0.384.